The van der Waals surface area contributed by atoms with Crippen molar-refractivity contribution < 1.29 is 4.52 Å². The number of benzene rings is 1. The van der Waals surface area contributed by atoms with E-state index in [1.165, 1.54) is 5.56 Å². The van der Waals surface area contributed by atoms with E-state index in [9.17, 15) is 0 Å². The first-order chi connectivity index (χ1) is 12.8. The molecule has 0 saturated heterocycles. The van der Waals surface area contributed by atoms with Gasteiger partial charge in [0.05, 0.1) is 12.1 Å². The molecule has 4 rings (SSSR count). The van der Waals surface area contributed by atoms with Crippen LogP contribution in [0.2, 0.25) is 5.02 Å². The summed E-state index contributed by atoms with van der Waals surface area (Å²) >= 11 is 9.20. The van der Waals surface area contributed by atoms with E-state index in [1.54, 1.807) is 41.6 Å². The van der Waals surface area contributed by atoms with Crippen LogP contribution in [0.1, 0.15) is 17.1 Å². The van der Waals surface area contributed by atoms with Crippen LogP contribution in [0.4, 0.5) is 0 Å². The predicted octanol–water partition coefficient (Wildman–Crippen LogP) is 4.52. The van der Waals surface area contributed by atoms with Crippen molar-refractivity contribution in [2.24, 2.45) is 0 Å². The van der Waals surface area contributed by atoms with Crippen molar-refractivity contribution in [3.05, 3.63) is 70.3 Å². The molecule has 0 bridgehead atoms. The summed E-state index contributed by atoms with van der Waals surface area (Å²) in [6.07, 6.45) is 3.77. The van der Waals surface area contributed by atoms with Gasteiger partial charge in [0.15, 0.2) is 0 Å². The number of nitrogens with zero attached hydrogens (tertiary/aromatic N) is 5. The molecule has 0 fully saturated rings. The van der Waals surface area contributed by atoms with Crippen molar-refractivity contribution >= 4 is 34.7 Å². The lowest BCUT2D eigenvalue weighted by Gasteiger charge is -1.98. The summed E-state index contributed by atoms with van der Waals surface area (Å²) in [6, 6.07) is 9.58. The predicted molar refractivity (Wildman–Crippen MR) is 101 cm³/mol. The fourth-order valence-electron chi connectivity index (χ4n) is 2.15. The third-order valence-corrected chi connectivity index (χ3v) is 5.77. The summed E-state index contributed by atoms with van der Waals surface area (Å²) in [5.74, 6) is 2.17. The van der Waals surface area contributed by atoms with Crippen LogP contribution in [-0.4, -0.2) is 25.1 Å². The van der Waals surface area contributed by atoms with Gasteiger partial charge in [-0.3, -0.25) is 0 Å². The molecular weight excluding hydrogens is 390 g/mol. The first kappa shape index (κ1) is 17.1. The molecule has 0 aliphatic carbocycles. The molecule has 26 heavy (non-hydrogen) atoms. The van der Waals surface area contributed by atoms with Gasteiger partial charge in [0.1, 0.15) is 4.34 Å². The average molecular weight is 402 g/mol. The molecule has 0 spiro atoms. The minimum absolute atomic E-state index is 0.383. The Morgan fingerprint density at radius 2 is 1.85 bits per heavy atom. The maximum atomic E-state index is 5.91. The smallest absolute Gasteiger partial charge is 0.240 e. The summed E-state index contributed by atoms with van der Waals surface area (Å²) in [4.78, 5) is 17.2. The summed E-state index contributed by atoms with van der Waals surface area (Å²) in [5.41, 5.74) is 2.11. The quantitative estimate of drug-likeness (QED) is 0.439. The van der Waals surface area contributed by atoms with E-state index in [0.29, 0.717) is 24.0 Å². The van der Waals surface area contributed by atoms with Crippen LogP contribution in [0.15, 0.2) is 57.0 Å². The number of aromatic nitrogens is 5. The molecule has 0 saturated carbocycles. The Balaban J connectivity index is 1.38. The zero-order valence-corrected chi connectivity index (χ0v) is 15.8. The number of thiazole rings is 1. The van der Waals surface area contributed by atoms with Crippen molar-refractivity contribution in [1.29, 1.82) is 0 Å². The molecule has 4 aromatic rings. The first-order valence-corrected chi connectivity index (χ1v) is 9.92. The lowest BCUT2D eigenvalue weighted by molar-refractivity contribution is 0.384. The van der Waals surface area contributed by atoms with Gasteiger partial charge in [-0.25, -0.2) is 15.0 Å². The molecule has 9 heteroatoms. The molecule has 130 valence electrons. The number of thioether (sulfide) groups is 1. The average Bonchev–Trinajstić information content (AvgIpc) is 3.32. The van der Waals surface area contributed by atoms with Gasteiger partial charge >= 0.3 is 0 Å². The van der Waals surface area contributed by atoms with Gasteiger partial charge in [-0.2, -0.15) is 4.98 Å². The van der Waals surface area contributed by atoms with E-state index in [-0.39, 0.29) is 0 Å². The zero-order chi connectivity index (χ0) is 17.8. The number of halogens is 1. The normalized spacial score (nSPS) is 11.0. The Labute approximate surface area is 162 Å². The van der Waals surface area contributed by atoms with Gasteiger partial charge in [-0.05, 0) is 23.8 Å². The third-order valence-electron chi connectivity index (χ3n) is 3.37. The molecule has 0 atom stereocenters. The maximum absolute atomic E-state index is 5.91. The van der Waals surface area contributed by atoms with E-state index in [0.717, 1.165) is 20.8 Å². The second kappa shape index (κ2) is 7.94. The van der Waals surface area contributed by atoms with Crippen molar-refractivity contribution in [2.75, 3.05) is 0 Å². The molecule has 0 amide bonds. The highest BCUT2D eigenvalue weighted by Crippen LogP contribution is 2.27. The van der Waals surface area contributed by atoms with Crippen LogP contribution >= 0.6 is 34.7 Å². The van der Waals surface area contributed by atoms with Gasteiger partial charge < -0.3 is 4.52 Å². The van der Waals surface area contributed by atoms with Crippen LogP contribution < -0.4 is 0 Å². The lowest BCUT2D eigenvalue weighted by atomic mass is 10.2. The van der Waals surface area contributed by atoms with Gasteiger partial charge in [0, 0.05) is 28.5 Å². The van der Waals surface area contributed by atoms with Crippen molar-refractivity contribution in [1.82, 2.24) is 25.1 Å². The highest BCUT2D eigenvalue weighted by atomic mass is 35.5. The zero-order valence-electron chi connectivity index (χ0n) is 13.4. The highest BCUT2D eigenvalue weighted by molar-refractivity contribution is 8.00. The highest BCUT2D eigenvalue weighted by Gasteiger charge is 2.13. The summed E-state index contributed by atoms with van der Waals surface area (Å²) in [6.45, 7) is 0. The topological polar surface area (TPSA) is 77.6 Å². The number of rotatable bonds is 6. The molecule has 3 aromatic heterocycles. The standard InChI is InChI=1S/C17H12ClN5OS2/c18-12-4-2-11(3-5-12)9-25-17-21-13(10-26-17)8-14-22-16(23-24-14)15-19-6-1-7-20-15/h1-7,10H,8-9H2. The van der Waals surface area contributed by atoms with E-state index < -0.39 is 0 Å². The molecule has 0 aliphatic heterocycles. The second-order valence-corrected chi connectivity index (χ2v) is 7.80. The Bertz CT molecular complexity index is 988. The Morgan fingerprint density at radius 3 is 2.65 bits per heavy atom. The third kappa shape index (κ3) is 4.27. The largest absolute Gasteiger partial charge is 0.338 e. The van der Waals surface area contributed by atoms with Crippen molar-refractivity contribution in [3.63, 3.8) is 0 Å². The lowest BCUT2D eigenvalue weighted by Crippen LogP contribution is -1.91. The molecule has 3 heterocycles. The molecule has 0 radical (unpaired) electrons. The maximum Gasteiger partial charge on any atom is 0.240 e. The van der Waals surface area contributed by atoms with E-state index in [1.807, 2.05) is 29.6 Å². The van der Waals surface area contributed by atoms with Gasteiger partial charge in [-0.15, -0.1) is 11.3 Å². The Morgan fingerprint density at radius 1 is 1.04 bits per heavy atom. The molecule has 0 unspecified atom stereocenters. The summed E-state index contributed by atoms with van der Waals surface area (Å²) in [7, 11) is 0. The Hall–Kier alpha value is -2.29. The second-order valence-electron chi connectivity index (χ2n) is 5.28. The fourth-order valence-corrected chi connectivity index (χ4v) is 4.08. The van der Waals surface area contributed by atoms with E-state index in [2.05, 4.69) is 25.1 Å². The molecular formula is C17H12ClN5OS2. The summed E-state index contributed by atoms with van der Waals surface area (Å²) < 4.78 is 6.28. The number of hydrogen-bond donors (Lipinski definition) is 0. The summed E-state index contributed by atoms with van der Waals surface area (Å²) in [5, 5.41) is 6.67. The minimum atomic E-state index is 0.383. The van der Waals surface area contributed by atoms with Gasteiger partial charge in [-0.1, -0.05) is 40.7 Å². The Kier molecular flexibility index (Phi) is 5.24. The molecule has 6 nitrogen and oxygen atoms in total. The van der Waals surface area contributed by atoms with Crippen LogP contribution in [0.3, 0.4) is 0 Å². The van der Waals surface area contributed by atoms with Crippen LogP contribution in [0.25, 0.3) is 11.6 Å². The van der Waals surface area contributed by atoms with E-state index >= 15 is 0 Å². The monoisotopic (exact) mass is 401 g/mol. The molecule has 1 aromatic carbocycles. The van der Waals surface area contributed by atoms with Crippen LogP contribution in [-0.2, 0) is 12.2 Å². The van der Waals surface area contributed by atoms with Crippen molar-refractivity contribution in [3.8, 4) is 11.6 Å². The SMILES string of the molecule is Clc1ccc(CSc2nc(Cc3nc(-c4ncccn4)no3)cs2)cc1. The first-order valence-electron chi connectivity index (χ1n) is 7.68. The van der Waals surface area contributed by atoms with Crippen LogP contribution in [0, 0.1) is 0 Å². The van der Waals surface area contributed by atoms with Gasteiger partial charge in [0.25, 0.3) is 0 Å². The van der Waals surface area contributed by atoms with Crippen molar-refractivity contribution in [2.45, 2.75) is 16.5 Å². The fraction of sp³-hybridized carbons (Fsp3) is 0.118. The minimum Gasteiger partial charge on any atom is -0.338 e. The number of hydrogen-bond acceptors (Lipinski definition) is 8. The van der Waals surface area contributed by atoms with Gasteiger partial charge in [0.2, 0.25) is 17.5 Å². The van der Waals surface area contributed by atoms with Crippen LogP contribution in [0.5, 0.6) is 0 Å². The molecule has 0 aliphatic rings. The molecule has 0 N–H and O–H groups in total. The van der Waals surface area contributed by atoms with E-state index in [4.69, 9.17) is 16.1 Å².